The summed E-state index contributed by atoms with van der Waals surface area (Å²) in [7, 11) is 0. The molecule has 2 aliphatic rings. The summed E-state index contributed by atoms with van der Waals surface area (Å²) in [5.41, 5.74) is 10.3. The molecule has 1 aromatic heterocycles. The number of hydrogen-bond donors (Lipinski definition) is 1. The molecule has 3 heterocycles. The van der Waals surface area contributed by atoms with Gasteiger partial charge in [-0.25, -0.2) is 9.97 Å². The number of benzene rings is 1. The van der Waals surface area contributed by atoms with Crippen molar-refractivity contribution in [2.45, 2.75) is 46.2 Å². The zero-order valence-corrected chi connectivity index (χ0v) is 17.4. The van der Waals surface area contributed by atoms with E-state index < -0.39 is 0 Å². The Hall–Kier alpha value is -2.67. The van der Waals surface area contributed by atoms with Gasteiger partial charge in [0, 0.05) is 43.5 Å². The number of aromatic nitrogens is 2. The fraction of sp³-hybridized carbons (Fsp3) is 0.500. The highest BCUT2D eigenvalue weighted by molar-refractivity contribution is 5.91. The van der Waals surface area contributed by atoms with Gasteiger partial charge in [0.25, 0.3) is 5.91 Å². The van der Waals surface area contributed by atoms with Crippen LogP contribution in [0.2, 0.25) is 0 Å². The van der Waals surface area contributed by atoms with Gasteiger partial charge in [-0.2, -0.15) is 0 Å². The van der Waals surface area contributed by atoms with Crippen LogP contribution in [0.3, 0.4) is 0 Å². The first kappa shape index (κ1) is 19.6. The molecule has 1 aromatic carbocycles. The van der Waals surface area contributed by atoms with Crippen molar-refractivity contribution in [2.75, 3.05) is 31.1 Å². The maximum absolute atomic E-state index is 13.2. The monoisotopic (exact) mass is 395 g/mol. The maximum Gasteiger partial charge on any atom is 0.292 e. The molecule has 7 nitrogen and oxygen atoms in total. The average molecular weight is 396 g/mol. The van der Waals surface area contributed by atoms with Crippen molar-refractivity contribution in [1.29, 1.82) is 0 Å². The molecule has 29 heavy (non-hydrogen) atoms. The number of hydrogen-bond acceptors (Lipinski definition) is 6. The summed E-state index contributed by atoms with van der Waals surface area (Å²) in [5.74, 6) is 1.83. The summed E-state index contributed by atoms with van der Waals surface area (Å²) < 4.78 is 5.62. The highest BCUT2D eigenvalue weighted by atomic mass is 16.5. The SMILES string of the molecule is CCOc1ccc2c(c1)CN(C(=O)c1nc(C)c(C)c(N3CC[C@@H](N)C3)n1)CC2. The van der Waals surface area contributed by atoms with E-state index in [-0.39, 0.29) is 17.8 Å². The van der Waals surface area contributed by atoms with Gasteiger partial charge in [-0.15, -0.1) is 0 Å². The maximum atomic E-state index is 13.2. The molecular formula is C22H29N5O2. The van der Waals surface area contributed by atoms with E-state index in [0.29, 0.717) is 19.7 Å². The Morgan fingerprint density at radius 2 is 2.07 bits per heavy atom. The number of fused-ring (bicyclic) bond motifs is 1. The van der Waals surface area contributed by atoms with E-state index in [1.807, 2.05) is 37.8 Å². The molecule has 2 N–H and O–H groups in total. The smallest absolute Gasteiger partial charge is 0.292 e. The van der Waals surface area contributed by atoms with Crippen LogP contribution in [-0.4, -0.2) is 53.1 Å². The molecule has 4 rings (SSSR count). The first-order chi connectivity index (χ1) is 14.0. The van der Waals surface area contributed by atoms with E-state index in [2.05, 4.69) is 20.9 Å². The molecular weight excluding hydrogens is 366 g/mol. The van der Waals surface area contributed by atoms with E-state index >= 15 is 0 Å². The number of amides is 1. The zero-order valence-electron chi connectivity index (χ0n) is 17.4. The van der Waals surface area contributed by atoms with Gasteiger partial charge in [-0.1, -0.05) is 6.07 Å². The Bertz CT molecular complexity index is 930. The fourth-order valence-electron chi connectivity index (χ4n) is 4.10. The molecule has 1 saturated heterocycles. The highest BCUT2D eigenvalue weighted by Gasteiger charge is 2.28. The molecule has 0 spiro atoms. The molecule has 1 amide bonds. The van der Waals surface area contributed by atoms with Crippen LogP contribution in [-0.2, 0) is 13.0 Å². The van der Waals surface area contributed by atoms with Gasteiger partial charge in [0.2, 0.25) is 5.82 Å². The van der Waals surface area contributed by atoms with Crippen molar-refractivity contribution in [1.82, 2.24) is 14.9 Å². The van der Waals surface area contributed by atoms with Gasteiger partial charge in [0.15, 0.2) is 0 Å². The van der Waals surface area contributed by atoms with Crippen molar-refractivity contribution in [3.8, 4) is 5.75 Å². The molecule has 0 radical (unpaired) electrons. The molecule has 154 valence electrons. The van der Waals surface area contributed by atoms with E-state index in [4.69, 9.17) is 10.5 Å². The van der Waals surface area contributed by atoms with Gasteiger partial charge >= 0.3 is 0 Å². The Labute approximate surface area is 171 Å². The lowest BCUT2D eigenvalue weighted by molar-refractivity contribution is 0.0721. The second-order valence-electron chi connectivity index (χ2n) is 7.92. The molecule has 7 heteroatoms. The summed E-state index contributed by atoms with van der Waals surface area (Å²) in [6.07, 6.45) is 1.77. The summed E-state index contributed by atoms with van der Waals surface area (Å²) >= 11 is 0. The zero-order chi connectivity index (χ0) is 20.5. The second-order valence-corrected chi connectivity index (χ2v) is 7.92. The van der Waals surface area contributed by atoms with Gasteiger partial charge in [0.05, 0.1) is 6.61 Å². The van der Waals surface area contributed by atoms with Crippen molar-refractivity contribution in [3.05, 3.63) is 46.4 Å². The first-order valence-electron chi connectivity index (χ1n) is 10.4. The van der Waals surface area contributed by atoms with Crippen LogP contribution in [0, 0.1) is 13.8 Å². The van der Waals surface area contributed by atoms with Gasteiger partial charge < -0.3 is 20.3 Å². The van der Waals surface area contributed by atoms with Gasteiger partial charge in [-0.05, 0) is 56.9 Å². The van der Waals surface area contributed by atoms with Crippen molar-refractivity contribution >= 4 is 11.7 Å². The number of rotatable bonds is 4. The lowest BCUT2D eigenvalue weighted by atomic mass is 9.99. The Morgan fingerprint density at radius 1 is 1.24 bits per heavy atom. The van der Waals surface area contributed by atoms with Crippen LogP contribution in [0.1, 0.15) is 46.3 Å². The lowest BCUT2D eigenvalue weighted by Crippen LogP contribution is -2.37. The topological polar surface area (TPSA) is 84.6 Å². The number of carbonyl (C=O) groups is 1. The third-order valence-electron chi connectivity index (χ3n) is 5.87. The number of nitrogens with zero attached hydrogens (tertiary/aromatic N) is 4. The number of anilines is 1. The first-order valence-corrected chi connectivity index (χ1v) is 10.4. The van der Waals surface area contributed by atoms with Gasteiger partial charge in [-0.3, -0.25) is 4.79 Å². The summed E-state index contributed by atoms with van der Waals surface area (Å²) in [5, 5.41) is 0. The van der Waals surface area contributed by atoms with Crippen LogP contribution in [0.4, 0.5) is 5.82 Å². The summed E-state index contributed by atoms with van der Waals surface area (Å²) in [4.78, 5) is 26.4. The number of ether oxygens (including phenoxy) is 1. The predicted octanol–water partition coefficient (Wildman–Crippen LogP) is 2.23. The Kier molecular flexibility index (Phi) is 5.41. The normalized spacial score (nSPS) is 18.7. The number of nitrogens with two attached hydrogens (primary N) is 1. The van der Waals surface area contributed by atoms with E-state index in [9.17, 15) is 4.79 Å². The Morgan fingerprint density at radius 3 is 2.79 bits per heavy atom. The Balaban J connectivity index is 1.58. The van der Waals surface area contributed by atoms with E-state index in [1.165, 1.54) is 5.56 Å². The minimum Gasteiger partial charge on any atom is -0.494 e. The van der Waals surface area contributed by atoms with Crippen molar-refractivity contribution in [3.63, 3.8) is 0 Å². The summed E-state index contributed by atoms with van der Waals surface area (Å²) in [6.45, 7) is 9.39. The van der Waals surface area contributed by atoms with Crippen molar-refractivity contribution < 1.29 is 9.53 Å². The van der Waals surface area contributed by atoms with Crippen LogP contribution in [0.15, 0.2) is 18.2 Å². The molecule has 2 aliphatic heterocycles. The minimum absolute atomic E-state index is 0.120. The molecule has 0 aliphatic carbocycles. The van der Waals surface area contributed by atoms with Gasteiger partial charge in [0.1, 0.15) is 11.6 Å². The second kappa shape index (κ2) is 7.99. The number of carbonyl (C=O) groups excluding carboxylic acids is 1. The third-order valence-corrected chi connectivity index (χ3v) is 5.87. The predicted molar refractivity (Wildman–Crippen MR) is 112 cm³/mol. The average Bonchev–Trinajstić information content (AvgIpc) is 3.15. The molecule has 1 atom stereocenters. The van der Waals surface area contributed by atoms with Crippen LogP contribution in [0.5, 0.6) is 5.75 Å². The highest BCUT2D eigenvalue weighted by Crippen LogP contribution is 2.27. The van der Waals surface area contributed by atoms with E-state index in [1.54, 1.807) is 0 Å². The molecule has 0 bridgehead atoms. The third kappa shape index (κ3) is 3.92. The molecule has 0 saturated carbocycles. The van der Waals surface area contributed by atoms with Crippen molar-refractivity contribution in [2.24, 2.45) is 5.73 Å². The standard InChI is InChI=1S/C22H29N5O2/c1-4-29-19-6-5-16-7-9-27(12-17(16)11-19)22(28)20-24-15(3)14(2)21(25-20)26-10-8-18(23)13-26/h5-6,11,18H,4,7-10,12-13,23H2,1-3H3/t18-/m1/s1. The molecule has 1 fully saturated rings. The van der Waals surface area contributed by atoms with Crippen LogP contribution >= 0.6 is 0 Å². The molecule has 2 aromatic rings. The largest absolute Gasteiger partial charge is 0.494 e. The van der Waals surface area contributed by atoms with Crippen LogP contribution in [0.25, 0.3) is 0 Å². The lowest BCUT2D eigenvalue weighted by Gasteiger charge is -2.29. The van der Waals surface area contributed by atoms with Crippen LogP contribution < -0.4 is 15.4 Å². The van der Waals surface area contributed by atoms with E-state index in [0.717, 1.165) is 54.3 Å². The molecule has 0 unspecified atom stereocenters. The summed E-state index contributed by atoms with van der Waals surface area (Å²) in [6, 6.07) is 6.29. The number of aryl methyl sites for hydroxylation is 1. The minimum atomic E-state index is -0.120. The fourth-order valence-corrected chi connectivity index (χ4v) is 4.10. The quantitative estimate of drug-likeness (QED) is 0.855.